The Morgan fingerprint density at radius 3 is 1.46 bits per heavy atom. The number of halogens is 2. The number of anilines is 3. The molecule has 0 amide bonds. The van der Waals surface area contributed by atoms with Gasteiger partial charge in [0.15, 0.2) is 0 Å². The van der Waals surface area contributed by atoms with Gasteiger partial charge in [-0.15, -0.1) is 0 Å². The van der Waals surface area contributed by atoms with Gasteiger partial charge in [-0.3, -0.25) is 0 Å². The highest BCUT2D eigenvalue weighted by atomic mass is 79.9. The lowest BCUT2D eigenvalue weighted by Gasteiger charge is -2.26. The number of rotatable bonds is 6. The zero-order valence-corrected chi connectivity index (χ0v) is 18.3. The number of nitrogens with zero attached hydrogens (tertiary/aromatic N) is 1. The van der Waals surface area contributed by atoms with E-state index >= 15 is 0 Å². The molecule has 0 aromatic heterocycles. The van der Waals surface area contributed by atoms with Crippen molar-refractivity contribution < 1.29 is 0 Å². The molecule has 0 heterocycles. The van der Waals surface area contributed by atoms with E-state index < -0.39 is 0 Å². The van der Waals surface area contributed by atoms with Crippen LogP contribution in [0.5, 0.6) is 0 Å². The summed E-state index contributed by atoms with van der Waals surface area (Å²) in [5.74, 6) is 0.600. The molecular formula is C23H23Br2N. The first-order valence-corrected chi connectivity index (χ1v) is 10.6. The fourth-order valence-corrected chi connectivity index (χ4v) is 3.71. The predicted molar refractivity (Wildman–Crippen MR) is 120 cm³/mol. The molecule has 1 nitrogen and oxygen atoms in total. The maximum absolute atomic E-state index is 3.53. The summed E-state index contributed by atoms with van der Waals surface area (Å²) >= 11 is 7.06. The summed E-state index contributed by atoms with van der Waals surface area (Å²) in [6.07, 6.45) is 2.44. The lowest BCUT2D eigenvalue weighted by molar-refractivity contribution is 0.665. The normalized spacial score (nSPS) is 12.0. The summed E-state index contributed by atoms with van der Waals surface area (Å²) in [6.45, 7) is 4.55. The van der Waals surface area contributed by atoms with E-state index in [9.17, 15) is 0 Å². The summed E-state index contributed by atoms with van der Waals surface area (Å²) in [5.41, 5.74) is 4.86. The molecule has 26 heavy (non-hydrogen) atoms. The summed E-state index contributed by atoms with van der Waals surface area (Å²) in [6, 6.07) is 25.9. The molecule has 3 heteroatoms. The van der Waals surface area contributed by atoms with E-state index in [1.54, 1.807) is 0 Å². The molecule has 0 spiro atoms. The summed E-state index contributed by atoms with van der Waals surface area (Å²) < 4.78 is 2.17. The highest BCUT2D eigenvalue weighted by Crippen LogP contribution is 2.36. The molecule has 0 aliphatic heterocycles. The van der Waals surface area contributed by atoms with Gasteiger partial charge in [-0.2, -0.15) is 0 Å². The average molecular weight is 473 g/mol. The third-order valence-corrected chi connectivity index (χ3v) is 5.67. The zero-order chi connectivity index (χ0) is 18.5. The first-order chi connectivity index (χ1) is 12.6. The van der Waals surface area contributed by atoms with Gasteiger partial charge < -0.3 is 4.90 Å². The van der Waals surface area contributed by atoms with E-state index in [0.29, 0.717) is 5.92 Å². The van der Waals surface area contributed by atoms with Gasteiger partial charge in [0.1, 0.15) is 0 Å². The van der Waals surface area contributed by atoms with E-state index in [-0.39, 0.29) is 0 Å². The van der Waals surface area contributed by atoms with Crippen LogP contribution < -0.4 is 4.90 Å². The summed E-state index contributed by atoms with van der Waals surface area (Å²) in [7, 11) is 0. The first kappa shape index (κ1) is 19.2. The summed E-state index contributed by atoms with van der Waals surface area (Å²) in [5, 5.41) is 0. The fraction of sp³-hybridized carbons (Fsp3) is 0.217. The molecule has 3 aromatic rings. The average Bonchev–Trinajstić information content (AvgIpc) is 2.66. The quantitative estimate of drug-likeness (QED) is 0.347. The molecule has 0 radical (unpaired) electrons. The van der Waals surface area contributed by atoms with Gasteiger partial charge in [0.05, 0.1) is 0 Å². The van der Waals surface area contributed by atoms with E-state index in [1.165, 1.54) is 24.1 Å². The molecule has 3 rings (SSSR count). The van der Waals surface area contributed by atoms with E-state index in [0.717, 1.165) is 20.3 Å². The molecule has 1 atom stereocenters. The SMILES string of the molecule is CCCC(C)c1ccc(N(c2ccc(Br)cc2)c2ccc(Br)cc2)cc1. The highest BCUT2D eigenvalue weighted by Gasteiger charge is 2.13. The van der Waals surface area contributed by atoms with Gasteiger partial charge >= 0.3 is 0 Å². The fourth-order valence-electron chi connectivity index (χ4n) is 3.18. The minimum absolute atomic E-state index is 0.600. The molecule has 0 bridgehead atoms. The molecule has 0 aliphatic carbocycles. The number of hydrogen-bond acceptors (Lipinski definition) is 1. The van der Waals surface area contributed by atoms with Crippen LogP contribution in [0.1, 0.15) is 38.2 Å². The Labute approximate surface area is 173 Å². The van der Waals surface area contributed by atoms with Crippen molar-refractivity contribution in [1.29, 1.82) is 0 Å². The molecule has 3 aromatic carbocycles. The maximum Gasteiger partial charge on any atom is 0.0462 e. The summed E-state index contributed by atoms with van der Waals surface area (Å²) in [4.78, 5) is 2.28. The van der Waals surface area contributed by atoms with Gasteiger partial charge in [0.25, 0.3) is 0 Å². The molecular weight excluding hydrogens is 450 g/mol. The van der Waals surface area contributed by atoms with Crippen LogP contribution in [-0.4, -0.2) is 0 Å². The van der Waals surface area contributed by atoms with Crippen molar-refractivity contribution in [3.63, 3.8) is 0 Å². The van der Waals surface area contributed by atoms with Gasteiger partial charge in [0, 0.05) is 26.0 Å². The molecule has 0 saturated heterocycles. The molecule has 0 aliphatic rings. The Balaban J connectivity index is 2.00. The van der Waals surface area contributed by atoms with Crippen molar-refractivity contribution in [2.45, 2.75) is 32.6 Å². The van der Waals surface area contributed by atoms with Crippen LogP contribution in [0.4, 0.5) is 17.1 Å². The van der Waals surface area contributed by atoms with E-state index in [1.807, 2.05) is 0 Å². The van der Waals surface area contributed by atoms with Crippen LogP contribution in [-0.2, 0) is 0 Å². The standard InChI is InChI=1S/C23H23Br2N/c1-3-4-17(2)18-5-11-21(12-6-18)26(22-13-7-19(24)8-14-22)23-15-9-20(25)10-16-23/h5-17H,3-4H2,1-2H3. The second kappa shape index (κ2) is 8.88. The largest absolute Gasteiger partial charge is 0.311 e. The Bertz CT molecular complexity index is 778. The smallest absolute Gasteiger partial charge is 0.0462 e. The predicted octanol–water partition coefficient (Wildman–Crippen LogP) is 8.59. The molecule has 134 valence electrons. The van der Waals surface area contributed by atoms with Crippen molar-refractivity contribution in [1.82, 2.24) is 0 Å². The Hall–Kier alpha value is -1.58. The van der Waals surface area contributed by atoms with Crippen LogP contribution in [0.3, 0.4) is 0 Å². The van der Waals surface area contributed by atoms with Crippen LogP contribution in [0.2, 0.25) is 0 Å². The van der Waals surface area contributed by atoms with Crippen LogP contribution in [0.25, 0.3) is 0 Å². The lowest BCUT2D eigenvalue weighted by atomic mass is 9.96. The zero-order valence-electron chi connectivity index (χ0n) is 15.1. The maximum atomic E-state index is 3.53. The minimum atomic E-state index is 0.600. The topological polar surface area (TPSA) is 3.24 Å². The van der Waals surface area contributed by atoms with Gasteiger partial charge in [0.2, 0.25) is 0 Å². The second-order valence-electron chi connectivity index (χ2n) is 6.57. The van der Waals surface area contributed by atoms with Crippen LogP contribution in [0.15, 0.2) is 81.7 Å². The first-order valence-electron chi connectivity index (χ1n) is 8.99. The molecule has 1 unspecified atom stereocenters. The Kier molecular flexibility index (Phi) is 6.55. The molecule has 0 N–H and O–H groups in total. The van der Waals surface area contributed by atoms with Crippen molar-refractivity contribution in [3.05, 3.63) is 87.3 Å². The van der Waals surface area contributed by atoms with Gasteiger partial charge in [-0.05, 0) is 78.6 Å². The third kappa shape index (κ3) is 4.57. The van der Waals surface area contributed by atoms with E-state index in [2.05, 4.69) is 123 Å². The van der Waals surface area contributed by atoms with Crippen molar-refractivity contribution >= 4 is 48.9 Å². The minimum Gasteiger partial charge on any atom is -0.311 e. The van der Waals surface area contributed by atoms with Crippen LogP contribution >= 0.6 is 31.9 Å². The van der Waals surface area contributed by atoms with Crippen molar-refractivity contribution in [2.75, 3.05) is 4.90 Å². The second-order valence-corrected chi connectivity index (χ2v) is 8.40. The highest BCUT2D eigenvalue weighted by molar-refractivity contribution is 9.10. The van der Waals surface area contributed by atoms with Crippen molar-refractivity contribution in [2.24, 2.45) is 0 Å². The molecule has 0 saturated carbocycles. The van der Waals surface area contributed by atoms with Gasteiger partial charge in [-0.1, -0.05) is 64.3 Å². The van der Waals surface area contributed by atoms with Crippen LogP contribution in [0, 0.1) is 0 Å². The number of hydrogen-bond donors (Lipinski definition) is 0. The number of benzene rings is 3. The van der Waals surface area contributed by atoms with Gasteiger partial charge in [-0.25, -0.2) is 0 Å². The Morgan fingerprint density at radius 2 is 1.08 bits per heavy atom. The van der Waals surface area contributed by atoms with Crippen molar-refractivity contribution in [3.8, 4) is 0 Å². The lowest BCUT2D eigenvalue weighted by Crippen LogP contribution is -2.10. The third-order valence-electron chi connectivity index (χ3n) is 4.61. The Morgan fingerprint density at radius 1 is 0.692 bits per heavy atom. The van der Waals surface area contributed by atoms with E-state index in [4.69, 9.17) is 0 Å². The monoisotopic (exact) mass is 471 g/mol. The molecule has 0 fully saturated rings.